The first kappa shape index (κ1) is 14.7. The van der Waals surface area contributed by atoms with Crippen molar-refractivity contribution in [3.63, 3.8) is 0 Å². The molecule has 0 saturated carbocycles. The Labute approximate surface area is 141 Å². The number of para-hydroxylation sites is 1. The van der Waals surface area contributed by atoms with E-state index >= 15 is 0 Å². The van der Waals surface area contributed by atoms with E-state index in [1.165, 1.54) is 5.69 Å². The Bertz CT molecular complexity index is 920. The van der Waals surface area contributed by atoms with E-state index in [1.807, 2.05) is 47.4 Å². The fraction of sp³-hybridized carbons (Fsp3) is 0.200. The van der Waals surface area contributed by atoms with Crippen LogP contribution in [0.15, 0.2) is 60.9 Å². The topological polar surface area (TPSA) is 38.1 Å². The number of carbonyl (C=O) groups is 1. The lowest BCUT2D eigenvalue weighted by Crippen LogP contribution is -2.39. The van der Waals surface area contributed by atoms with Crippen LogP contribution in [0.3, 0.4) is 0 Å². The fourth-order valence-corrected chi connectivity index (χ4v) is 3.40. The van der Waals surface area contributed by atoms with E-state index in [-0.39, 0.29) is 11.9 Å². The molecule has 0 fully saturated rings. The van der Waals surface area contributed by atoms with Crippen LogP contribution in [0.4, 0.5) is 0 Å². The van der Waals surface area contributed by atoms with Crippen LogP contribution in [0.2, 0.25) is 0 Å². The number of carbonyl (C=O) groups excluding carboxylic acids is 1. The van der Waals surface area contributed by atoms with Gasteiger partial charge in [-0.3, -0.25) is 9.78 Å². The third kappa shape index (κ3) is 2.50. The maximum Gasteiger partial charge on any atom is 0.247 e. The summed E-state index contributed by atoms with van der Waals surface area (Å²) in [6.07, 6.45) is 7.43. The summed E-state index contributed by atoms with van der Waals surface area (Å²) >= 11 is 0. The van der Waals surface area contributed by atoms with Crippen LogP contribution < -0.4 is 0 Å². The van der Waals surface area contributed by atoms with Crippen molar-refractivity contribution >= 4 is 22.9 Å². The summed E-state index contributed by atoms with van der Waals surface area (Å²) in [6, 6.07) is 14.1. The number of rotatable bonds is 2. The van der Waals surface area contributed by atoms with Gasteiger partial charge in [0.2, 0.25) is 5.91 Å². The molecule has 4 rings (SSSR count). The second kappa shape index (κ2) is 5.96. The predicted octanol–water partition coefficient (Wildman–Crippen LogP) is 3.65. The Balaban J connectivity index is 1.59. The highest BCUT2D eigenvalue weighted by Gasteiger charge is 2.25. The van der Waals surface area contributed by atoms with Crippen LogP contribution in [-0.2, 0) is 11.3 Å². The molecule has 0 saturated heterocycles. The lowest BCUT2D eigenvalue weighted by molar-refractivity contribution is -0.129. The Morgan fingerprint density at radius 2 is 2.04 bits per heavy atom. The van der Waals surface area contributed by atoms with Crippen molar-refractivity contribution in [2.24, 2.45) is 0 Å². The van der Waals surface area contributed by atoms with Crippen molar-refractivity contribution < 1.29 is 4.79 Å². The number of hydrogen-bond donors (Lipinski definition) is 0. The van der Waals surface area contributed by atoms with E-state index in [4.69, 9.17) is 0 Å². The van der Waals surface area contributed by atoms with Crippen molar-refractivity contribution in [1.82, 2.24) is 14.5 Å². The molecule has 0 bridgehead atoms. The third-order valence-corrected chi connectivity index (χ3v) is 4.71. The summed E-state index contributed by atoms with van der Waals surface area (Å²) < 4.78 is 2.22. The van der Waals surface area contributed by atoms with Gasteiger partial charge in [-0.25, -0.2) is 0 Å². The number of pyridine rings is 1. The van der Waals surface area contributed by atoms with Gasteiger partial charge in [-0.1, -0.05) is 18.2 Å². The summed E-state index contributed by atoms with van der Waals surface area (Å²) in [5.74, 6) is 0.0517. The van der Waals surface area contributed by atoms with Gasteiger partial charge in [0.05, 0.1) is 11.6 Å². The highest BCUT2D eigenvalue weighted by atomic mass is 16.2. The molecule has 1 aliphatic rings. The van der Waals surface area contributed by atoms with E-state index in [1.54, 1.807) is 12.3 Å². The van der Waals surface area contributed by atoms with Crippen molar-refractivity contribution in [3.05, 3.63) is 72.2 Å². The van der Waals surface area contributed by atoms with Gasteiger partial charge in [0.1, 0.15) is 0 Å². The maximum atomic E-state index is 12.7. The van der Waals surface area contributed by atoms with Crippen LogP contribution in [0, 0.1) is 0 Å². The Morgan fingerprint density at radius 1 is 1.17 bits per heavy atom. The molecular formula is C20H19N3O. The van der Waals surface area contributed by atoms with Crippen molar-refractivity contribution in [1.29, 1.82) is 0 Å². The van der Waals surface area contributed by atoms with E-state index in [0.29, 0.717) is 0 Å². The van der Waals surface area contributed by atoms with Gasteiger partial charge in [0.25, 0.3) is 0 Å². The first-order valence-electron chi connectivity index (χ1n) is 8.21. The number of aromatic nitrogens is 2. The Kier molecular flexibility index (Phi) is 3.65. The lowest BCUT2D eigenvalue weighted by atomic mass is 10.1. The van der Waals surface area contributed by atoms with Crippen molar-refractivity contribution in [2.75, 3.05) is 6.54 Å². The van der Waals surface area contributed by atoms with Crippen molar-refractivity contribution in [3.8, 4) is 0 Å². The smallest absolute Gasteiger partial charge is 0.247 e. The van der Waals surface area contributed by atoms with Crippen molar-refractivity contribution in [2.45, 2.75) is 19.5 Å². The van der Waals surface area contributed by atoms with Gasteiger partial charge in [-0.05, 0) is 42.8 Å². The number of fused-ring (bicyclic) bond motifs is 2. The fourth-order valence-electron chi connectivity index (χ4n) is 3.40. The SMILES string of the molecule is CC1c2cccn2CCN1C(=O)C=Cc1ccnc2ccccc12. The van der Waals surface area contributed by atoms with Gasteiger partial charge >= 0.3 is 0 Å². The van der Waals surface area contributed by atoms with E-state index < -0.39 is 0 Å². The monoisotopic (exact) mass is 317 g/mol. The van der Waals surface area contributed by atoms with E-state index in [2.05, 4.69) is 28.7 Å². The molecule has 0 spiro atoms. The van der Waals surface area contributed by atoms with Crippen LogP contribution in [0.25, 0.3) is 17.0 Å². The molecule has 1 amide bonds. The second-order valence-corrected chi connectivity index (χ2v) is 6.08. The zero-order valence-electron chi connectivity index (χ0n) is 13.6. The van der Waals surface area contributed by atoms with Gasteiger partial charge in [-0.15, -0.1) is 0 Å². The molecule has 3 aromatic rings. The largest absolute Gasteiger partial charge is 0.348 e. The summed E-state index contributed by atoms with van der Waals surface area (Å²) in [7, 11) is 0. The third-order valence-electron chi connectivity index (χ3n) is 4.71. The number of nitrogens with zero attached hydrogens (tertiary/aromatic N) is 3. The average Bonchev–Trinajstić information content (AvgIpc) is 3.09. The quantitative estimate of drug-likeness (QED) is 0.677. The first-order chi connectivity index (χ1) is 11.7. The van der Waals surface area contributed by atoms with Gasteiger partial charge in [-0.2, -0.15) is 0 Å². The zero-order chi connectivity index (χ0) is 16.5. The lowest BCUT2D eigenvalue weighted by Gasteiger charge is -2.34. The molecule has 1 unspecified atom stereocenters. The minimum Gasteiger partial charge on any atom is -0.348 e. The molecule has 4 heteroatoms. The molecule has 24 heavy (non-hydrogen) atoms. The maximum absolute atomic E-state index is 12.7. The molecular weight excluding hydrogens is 298 g/mol. The molecule has 120 valence electrons. The number of benzene rings is 1. The highest BCUT2D eigenvalue weighted by Crippen LogP contribution is 2.26. The first-order valence-corrected chi connectivity index (χ1v) is 8.21. The highest BCUT2D eigenvalue weighted by molar-refractivity contribution is 5.95. The summed E-state index contributed by atoms with van der Waals surface area (Å²) in [4.78, 5) is 18.9. The zero-order valence-corrected chi connectivity index (χ0v) is 13.6. The van der Waals surface area contributed by atoms with Gasteiger partial charge < -0.3 is 9.47 Å². The minimum atomic E-state index is 0.0517. The second-order valence-electron chi connectivity index (χ2n) is 6.08. The summed E-state index contributed by atoms with van der Waals surface area (Å²) in [5, 5.41) is 1.06. The molecule has 1 aliphatic heterocycles. The molecule has 0 radical (unpaired) electrons. The minimum absolute atomic E-state index is 0.0517. The molecule has 0 aliphatic carbocycles. The van der Waals surface area contributed by atoms with Gasteiger partial charge in [0, 0.05) is 42.6 Å². The normalized spacial score (nSPS) is 17.4. The van der Waals surface area contributed by atoms with Crippen LogP contribution in [0.5, 0.6) is 0 Å². The number of amides is 1. The summed E-state index contributed by atoms with van der Waals surface area (Å²) in [6.45, 7) is 3.67. The molecule has 1 atom stereocenters. The summed E-state index contributed by atoms with van der Waals surface area (Å²) in [5.41, 5.74) is 3.15. The Morgan fingerprint density at radius 3 is 2.96 bits per heavy atom. The average molecular weight is 317 g/mol. The van der Waals surface area contributed by atoms with Crippen LogP contribution in [0.1, 0.15) is 24.2 Å². The predicted molar refractivity (Wildman–Crippen MR) is 95.3 cm³/mol. The van der Waals surface area contributed by atoms with Crippen LogP contribution >= 0.6 is 0 Å². The molecule has 0 N–H and O–H groups in total. The molecule has 1 aromatic carbocycles. The van der Waals surface area contributed by atoms with Gasteiger partial charge in [0.15, 0.2) is 0 Å². The molecule has 3 heterocycles. The van der Waals surface area contributed by atoms with E-state index in [9.17, 15) is 4.79 Å². The standard InChI is InChI=1S/C20H19N3O/c1-15-19-7-4-12-22(19)13-14-23(15)20(24)9-8-16-10-11-21-18-6-3-2-5-17(16)18/h2-12,15H,13-14H2,1H3. The molecule has 2 aromatic heterocycles. The molecule has 4 nitrogen and oxygen atoms in total. The Hall–Kier alpha value is -2.88. The van der Waals surface area contributed by atoms with Crippen LogP contribution in [-0.4, -0.2) is 26.9 Å². The van der Waals surface area contributed by atoms with E-state index in [0.717, 1.165) is 29.6 Å². The number of hydrogen-bond acceptors (Lipinski definition) is 2.